The minimum absolute atomic E-state index is 0.375. The van der Waals surface area contributed by atoms with E-state index >= 15 is 0 Å². The van der Waals surface area contributed by atoms with Gasteiger partial charge in [0.1, 0.15) is 5.78 Å². The molecule has 0 amide bonds. The zero-order valence-corrected chi connectivity index (χ0v) is 7.43. The number of carboxylic acids is 1. The molecule has 0 saturated heterocycles. The Morgan fingerprint density at radius 3 is 1.55 bits per heavy atom. The average Bonchev–Trinajstić information content (AvgIpc) is 1.56. The Labute approximate surface area is 66.8 Å². The van der Waals surface area contributed by atoms with Crippen LogP contribution < -0.4 is 10.0 Å². The van der Waals surface area contributed by atoms with Crippen molar-refractivity contribution in [2.24, 2.45) is 0 Å². The van der Waals surface area contributed by atoms with Gasteiger partial charge in [0.25, 0.3) is 0 Å². The summed E-state index contributed by atoms with van der Waals surface area (Å²) < 4.78 is 0. The number of ketones is 1. The van der Waals surface area contributed by atoms with E-state index in [1.807, 2.05) is 0 Å². The Bertz CT molecular complexity index is 117. The number of aliphatic carboxylic acids is 1. The molecule has 11 heavy (non-hydrogen) atoms. The highest BCUT2D eigenvalue weighted by molar-refractivity contribution is 5.92. The fourth-order valence-electron chi connectivity index (χ4n) is 0.203. The lowest BCUT2D eigenvalue weighted by molar-refractivity contribution is -0.836. The number of rotatable bonds is 2. The van der Waals surface area contributed by atoms with Crippen molar-refractivity contribution in [1.82, 2.24) is 0 Å². The molecule has 0 aliphatic rings. The van der Waals surface area contributed by atoms with Gasteiger partial charge in [-0.2, -0.15) is 0 Å². The molecule has 0 heterocycles. The minimum Gasteiger partial charge on any atom is -0.550 e. The lowest BCUT2D eigenvalue weighted by Gasteiger charge is -1.92. The van der Waals surface area contributed by atoms with Crippen LogP contribution in [0.5, 0.6) is 0 Å². The largest absolute Gasteiger partial charge is 0.550 e. The first-order valence-electron chi connectivity index (χ1n) is 3.32. The molecule has 0 aromatic heterocycles. The molecule has 0 aromatic carbocycles. The highest BCUT2D eigenvalue weighted by Crippen LogP contribution is 1.74. The zero-order chi connectivity index (χ0) is 9.44. The summed E-state index contributed by atoms with van der Waals surface area (Å²) in [7, 11) is 6.25. The summed E-state index contributed by atoms with van der Waals surface area (Å²) in [5.41, 5.74) is 0. The molecular weight excluding hydrogens is 146 g/mol. The summed E-state index contributed by atoms with van der Waals surface area (Å²) in [4.78, 5) is 20.7. The molecule has 0 spiro atoms. The maximum absolute atomic E-state index is 9.83. The van der Waals surface area contributed by atoms with Gasteiger partial charge < -0.3 is 14.8 Å². The van der Waals surface area contributed by atoms with Gasteiger partial charge in [-0.15, -0.1) is 0 Å². The SMILES string of the molecule is CC(=O)CC(=O)[O-].C[NH+](C)C. The number of nitrogens with one attached hydrogen (secondary N) is 1. The summed E-state index contributed by atoms with van der Waals surface area (Å²) in [5.74, 6) is -1.69. The van der Waals surface area contributed by atoms with Gasteiger partial charge in [-0.05, 0) is 6.92 Å². The monoisotopic (exact) mass is 161 g/mol. The Morgan fingerprint density at radius 2 is 1.55 bits per heavy atom. The Kier molecular flexibility index (Phi) is 8.36. The fourth-order valence-corrected chi connectivity index (χ4v) is 0.203. The van der Waals surface area contributed by atoms with E-state index < -0.39 is 12.4 Å². The van der Waals surface area contributed by atoms with Gasteiger partial charge in [0.15, 0.2) is 0 Å². The van der Waals surface area contributed by atoms with Gasteiger partial charge in [-0.3, -0.25) is 4.79 Å². The summed E-state index contributed by atoms with van der Waals surface area (Å²) in [6.07, 6.45) is -0.472. The first-order chi connectivity index (χ1) is 4.86. The second-order valence-corrected chi connectivity index (χ2v) is 2.75. The van der Waals surface area contributed by atoms with Crippen LogP contribution in [0.25, 0.3) is 0 Å². The van der Waals surface area contributed by atoms with Crippen molar-refractivity contribution in [3.63, 3.8) is 0 Å². The number of hydrogen-bond acceptors (Lipinski definition) is 3. The van der Waals surface area contributed by atoms with Gasteiger partial charge >= 0.3 is 0 Å². The lowest BCUT2D eigenvalue weighted by Crippen LogP contribution is -3.02. The van der Waals surface area contributed by atoms with E-state index in [0.717, 1.165) is 0 Å². The van der Waals surface area contributed by atoms with Crippen LogP contribution >= 0.6 is 0 Å². The first kappa shape index (κ1) is 12.7. The van der Waals surface area contributed by atoms with Crippen molar-refractivity contribution in [1.29, 1.82) is 0 Å². The molecule has 4 nitrogen and oxygen atoms in total. The highest BCUT2D eigenvalue weighted by atomic mass is 16.4. The number of carboxylic acid groups (broad SMARTS) is 1. The van der Waals surface area contributed by atoms with E-state index in [-0.39, 0.29) is 5.78 Å². The molecule has 66 valence electrons. The normalized spacial score (nSPS) is 8.45. The third kappa shape index (κ3) is 47.7. The molecule has 0 rings (SSSR count). The van der Waals surface area contributed by atoms with Crippen molar-refractivity contribution in [3.05, 3.63) is 0 Å². The summed E-state index contributed by atoms with van der Waals surface area (Å²) in [5, 5.41) is 9.48. The van der Waals surface area contributed by atoms with Gasteiger partial charge in [-0.1, -0.05) is 0 Å². The molecule has 0 aromatic rings. The smallest absolute Gasteiger partial charge is 0.135 e. The van der Waals surface area contributed by atoms with Crippen LogP contribution in [-0.4, -0.2) is 32.9 Å². The fraction of sp³-hybridized carbons (Fsp3) is 0.714. The molecule has 0 unspecified atom stereocenters. The van der Waals surface area contributed by atoms with Crippen LogP contribution in [0.1, 0.15) is 13.3 Å². The third-order valence-electron chi connectivity index (χ3n) is 0.393. The van der Waals surface area contributed by atoms with Crippen molar-refractivity contribution in [2.45, 2.75) is 13.3 Å². The van der Waals surface area contributed by atoms with Crippen LogP contribution in [-0.2, 0) is 9.59 Å². The quantitative estimate of drug-likeness (QED) is 0.454. The van der Waals surface area contributed by atoms with Crippen molar-refractivity contribution in [2.75, 3.05) is 21.1 Å². The number of Topliss-reactive ketones (excluding diaryl/α,β-unsaturated/α-hetero) is 1. The van der Waals surface area contributed by atoms with Crippen LogP contribution in [0.3, 0.4) is 0 Å². The van der Waals surface area contributed by atoms with Gasteiger partial charge in [0.05, 0.1) is 21.1 Å². The Balaban J connectivity index is 0. The Hall–Kier alpha value is -0.900. The van der Waals surface area contributed by atoms with E-state index in [4.69, 9.17) is 0 Å². The first-order valence-corrected chi connectivity index (χ1v) is 3.32. The van der Waals surface area contributed by atoms with Crippen LogP contribution in [0.15, 0.2) is 0 Å². The molecule has 0 aliphatic heterocycles. The van der Waals surface area contributed by atoms with E-state index in [1.54, 1.807) is 0 Å². The van der Waals surface area contributed by atoms with E-state index in [9.17, 15) is 14.7 Å². The summed E-state index contributed by atoms with van der Waals surface area (Å²) in [6, 6.07) is 0. The second-order valence-electron chi connectivity index (χ2n) is 2.75. The number of quaternary nitrogens is 1. The third-order valence-corrected chi connectivity index (χ3v) is 0.393. The predicted octanol–water partition coefficient (Wildman–Crippen LogP) is -2.52. The molecule has 0 atom stereocenters. The maximum atomic E-state index is 9.83. The van der Waals surface area contributed by atoms with Crippen LogP contribution in [0, 0.1) is 0 Å². The average molecular weight is 161 g/mol. The summed E-state index contributed by atoms with van der Waals surface area (Å²) in [6.45, 7) is 1.20. The van der Waals surface area contributed by atoms with Crippen molar-refractivity contribution < 1.29 is 19.6 Å². The zero-order valence-electron chi connectivity index (χ0n) is 7.43. The van der Waals surface area contributed by atoms with Crippen LogP contribution in [0.2, 0.25) is 0 Å². The molecule has 1 N–H and O–H groups in total. The molecule has 0 saturated carbocycles. The molecule has 0 aliphatic carbocycles. The second kappa shape index (κ2) is 7.21. The van der Waals surface area contributed by atoms with Crippen LogP contribution in [0.4, 0.5) is 0 Å². The molecule has 4 heteroatoms. The standard InChI is InChI=1S/C4H6O3.C3H9N/c1-3(5)2-4(6)7;1-4(2)3/h2H2,1H3,(H,6,7);1-3H3. The minimum atomic E-state index is -1.31. The van der Waals surface area contributed by atoms with E-state index in [1.165, 1.54) is 11.8 Å². The van der Waals surface area contributed by atoms with Crippen molar-refractivity contribution >= 4 is 11.8 Å². The molecule has 0 radical (unpaired) electrons. The van der Waals surface area contributed by atoms with E-state index in [0.29, 0.717) is 0 Å². The number of carbonyl (C=O) groups excluding carboxylic acids is 2. The van der Waals surface area contributed by atoms with E-state index in [2.05, 4.69) is 21.1 Å². The van der Waals surface area contributed by atoms with Crippen molar-refractivity contribution in [3.8, 4) is 0 Å². The Morgan fingerprint density at radius 1 is 1.27 bits per heavy atom. The molecule has 0 fully saturated rings. The molecular formula is C7H15NO3. The highest BCUT2D eigenvalue weighted by Gasteiger charge is 1.88. The lowest BCUT2D eigenvalue weighted by atomic mass is 10.3. The van der Waals surface area contributed by atoms with Gasteiger partial charge in [-0.25, -0.2) is 0 Å². The van der Waals surface area contributed by atoms with Gasteiger partial charge in [0, 0.05) is 12.4 Å². The number of carbonyl (C=O) groups is 2. The maximum Gasteiger partial charge on any atom is 0.135 e. The molecule has 0 bridgehead atoms. The number of hydrogen-bond donors (Lipinski definition) is 1. The predicted molar refractivity (Wildman–Crippen MR) is 39.0 cm³/mol. The topological polar surface area (TPSA) is 61.6 Å². The van der Waals surface area contributed by atoms with Gasteiger partial charge in [0.2, 0.25) is 0 Å². The summed E-state index contributed by atoms with van der Waals surface area (Å²) >= 11 is 0.